The van der Waals surface area contributed by atoms with Gasteiger partial charge >= 0.3 is 0 Å². The summed E-state index contributed by atoms with van der Waals surface area (Å²) in [6, 6.07) is 18.4. The highest BCUT2D eigenvalue weighted by atomic mass is 32.1. The predicted octanol–water partition coefficient (Wildman–Crippen LogP) is 5.33. The zero-order valence-corrected chi connectivity index (χ0v) is 20.0. The lowest BCUT2D eigenvalue weighted by Gasteiger charge is -2.27. The Morgan fingerprint density at radius 1 is 1.00 bits per heavy atom. The fourth-order valence-corrected chi connectivity index (χ4v) is 5.26. The zero-order chi connectivity index (χ0) is 23.2. The van der Waals surface area contributed by atoms with E-state index in [0.717, 1.165) is 28.0 Å². The van der Waals surface area contributed by atoms with E-state index < -0.39 is 0 Å². The number of nitrogens with one attached hydrogen (secondary N) is 1. The van der Waals surface area contributed by atoms with E-state index in [1.54, 1.807) is 0 Å². The van der Waals surface area contributed by atoms with Gasteiger partial charge in [-0.05, 0) is 42.0 Å². The highest BCUT2D eigenvalue weighted by Crippen LogP contribution is 2.40. The van der Waals surface area contributed by atoms with E-state index in [0.29, 0.717) is 49.7 Å². The maximum atomic E-state index is 13.4. The Labute approximate surface area is 199 Å². The van der Waals surface area contributed by atoms with Crippen molar-refractivity contribution in [2.24, 2.45) is 0 Å². The van der Waals surface area contributed by atoms with Crippen molar-refractivity contribution < 1.29 is 14.3 Å². The Morgan fingerprint density at radius 3 is 2.33 bits per heavy atom. The number of hydrogen-bond acceptors (Lipinski definition) is 4. The minimum atomic E-state index is -0.0774. The van der Waals surface area contributed by atoms with E-state index in [9.17, 15) is 9.59 Å². The molecule has 172 valence electrons. The molecule has 0 radical (unpaired) electrons. The number of hydrogen-bond donors (Lipinski definition) is 1. The van der Waals surface area contributed by atoms with Crippen molar-refractivity contribution in [1.29, 1.82) is 0 Å². The molecule has 1 aliphatic heterocycles. The van der Waals surface area contributed by atoms with Gasteiger partial charge in [-0.2, -0.15) is 0 Å². The molecule has 1 fully saturated rings. The number of aryl methyl sites for hydroxylation is 2. The number of nitrogens with zero attached hydrogens (tertiary/aromatic N) is 1. The molecule has 1 N–H and O–H groups in total. The molecule has 2 aromatic carbocycles. The number of carbonyl (C=O) groups excluding carboxylic acids is 2. The molecule has 0 spiro atoms. The van der Waals surface area contributed by atoms with Crippen molar-refractivity contribution in [3.05, 3.63) is 76.9 Å². The molecular weight excluding hydrogens is 432 g/mol. The van der Waals surface area contributed by atoms with Gasteiger partial charge < -0.3 is 15.0 Å². The maximum absolute atomic E-state index is 13.4. The van der Waals surface area contributed by atoms with E-state index in [-0.39, 0.29) is 11.8 Å². The van der Waals surface area contributed by atoms with Gasteiger partial charge in [0.25, 0.3) is 5.91 Å². The zero-order valence-electron chi connectivity index (χ0n) is 19.2. The summed E-state index contributed by atoms with van der Waals surface area (Å²) in [6.07, 6.45) is 2.04. The number of amides is 2. The summed E-state index contributed by atoms with van der Waals surface area (Å²) in [5.41, 5.74) is 4.98. The van der Waals surface area contributed by atoms with Crippen LogP contribution in [0.15, 0.2) is 54.6 Å². The molecule has 2 amide bonds. The fourth-order valence-electron chi connectivity index (χ4n) is 4.04. The number of carbonyl (C=O) groups is 2. The molecule has 2 heterocycles. The highest BCUT2D eigenvalue weighted by Gasteiger charge is 2.27. The third-order valence-electron chi connectivity index (χ3n) is 6.02. The molecule has 0 atom stereocenters. The molecule has 0 bridgehead atoms. The number of rotatable bonds is 7. The van der Waals surface area contributed by atoms with E-state index in [2.05, 4.69) is 36.5 Å². The lowest BCUT2D eigenvalue weighted by atomic mass is 10.0. The number of ether oxygens (including phenoxy) is 1. The van der Waals surface area contributed by atoms with Gasteiger partial charge in [0.1, 0.15) is 5.00 Å². The van der Waals surface area contributed by atoms with Gasteiger partial charge in [0.2, 0.25) is 5.91 Å². The molecule has 0 unspecified atom stereocenters. The number of anilines is 1. The molecule has 0 aliphatic carbocycles. The van der Waals surface area contributed by atoms with Crippen LogP contribution < -0.4 is 5.32 Å². The second-order valence-corrected chi connectivity index (χ2v) is 9.27. The lowest BCUT2D eigenvalue weighted by Crippen LogP contribution is -2.41. The summed E-state index contributed by atoms with van der Waals surface area (Å²) in [4.78, 5) is 29.1. The molecule has 5 nitrogen and oxygen atoms in total. The fraction of sp³-hybridized carbons (Fsp3) is 0.333. The summed E-state index contributed by atoms with van der Waals surface area (Å²) in [7, 11) is 0. The Bertz CT molecular complexity index is 1100. The molecular formula is C27H30N2O3S. The van der Waals surface area contributed by atoms with E-state index in [1.807, 2.05) is 42.2 Å². The molecule has 6 heteroatoms. The second kappa shape index (κ2) is 10.8. The van der Waals surface area contributed by atoms with E-state index in [4.69, 9.17) is 4.74 Å². The van der Waals surface area contributed by atoms with Crippen LogP contribution in [0, 0.1) is 6.92 Å². The van der Waals surface area contributed by atoms with Crippen molar-refractivity contribution in [3.8, 4) is 10.4 Å². The molecule has 1 saturated heterocycles. The van der Waals surface area contributed by atoms with Gasteiger partial charge in [-0.3, -0.25) is 9.59 Å². The lowest BCUT2D eigenvalue weighted by molar-refractivity contribution is -0.116. The first-order chi connectivity index (χ1) is 16.1. The first-order valence-corrected chi connectivity index (χ1v) is 12.3. The smallest absolute Gasteiger partial charge is 0.257 e. The van der Waals surface area contributed by atoms with Crippen LogP contribution in [-0.4, -0.2) is 43.0 Å². The number of benzene rings is 2. The summed E-state index contributed by atoms with van der Waals surface area (Å²) in [6.45, 7) is 6.31. The third kappa shape index (κ3) is 5.52. The first-order valence-electron chi connectivity index (χ1n) is 11.5. The van der Waals surface area contributed by atoms with Crippen LogP contribution in [0.5, 0.6) is 0 Å². The molecule has 4 rings (SSSR count). The molecule has 1 aromatic heterocycles. The summed E-state index contributed by atoms with van der Waals surface area (Å²) >= 11 is 1.48. The maximum Gasteiger partial charge on any atom is 0.257 e. The van der Waals surface area contributed by atoms with Gasteiger partial charge in [-0.25, -0.2) is 0 Å². The molecule has 0 saturated carbocycles. The minimum absolute atomic E-state index is 0.0420. The van der Waals surface area contributed by atoms with Crippen molar-refractivity contribution in [1.82, 2.24) is 4.90 Å². The first kappa shape index (κ1) is 23.2. The molecule has 3 aromatic rings. The average molecular weight is 463 g/mol. The van der Waals surface area contributed by atoms with E-state index in [1.165, 1.54) is 16.9 Å². The van der Waals surface area contributed by atoms with Crippen LogP contribution in [0.4, 0.5) is 5.00 Å². The normalized spacial score (nSPS) is 13.7. The van der Waals surface area contributed by atoms with Crippen LogP contribution >= 0.6 is 11.3 Å². The Balaban J connectivity index is 1.55. The van der Waals surface area contributed by atoms with Crippen LogP contribution in [0.2, 0.25) is 0 Å². The van der Waals surface area contributed by atoms with Gasteiger partial charge in [0.05, 0.1) is 18.8 Å². The number of morpholine rings is 1. The quantitative estimate of drug-likeness (QED) is 0.516. The third-order valence-corrected chi connectivity index (χ3v) is 7.28. The number of thiophene rings is 1. The Kier molecular flexibility index (Phi) is 7.57. The minimum Gasteiger partial charge on any atom is -0.378 e. The monoisotopic (exact) mass is 462 g/mol. The van der Waals surface area contributed by atoms with Crippen LogP contribution in [0.3, 0.4) is 0 Å². The summed E-state index contributed by atoms with van der Waals surface area (Å²) in [5.74, 6) is -0.119. The van der Waals surface area contributed by atoms with Gasteiger partial charge in [-0.1, -0.05) is 61.5 Å². The van der Waals surface area contributed by atoms with Crippen LogP contribution in [0.25, 0.3) is 10.4 Å². The van der Waals surface area contributed by atoms with E-state index >= 15 is 0 Å². The summed E-state index contributed by atoms with van der Waals surface area (Å²) < 4.78 is 5.41. The Morgan fingerprint density at radius 2 is 1.67 bits per heavy atom. The van der Waals surface area contributed by atoms with Gasteiger partial charge in [-0.15, -0.1) is 11.3 Å². The van der Waals surface area contributed by atoms with Crippen molar-refractivity contribution in [2.45, 2.75) is 33.1 Å². The van der Waals surface area contributed by atoms with Crippen molar-refractivity contribution in [2.75, 3.05) is 31.6 Å². The second-order valence-electron chi connectivity index (χ2n) is 8.25. The predicted molar refractivity (Wildman–Crippen MR) is 134 cm³/mol. The SMILES string of the molecule is CCc1ccc(CCC(=O)Nc2sc(-c3ccccc3)c(C)c2C(=O)N2CCOCC2)cc1. The molecule has 33 heavy (non-hydrogen) atoms. The van der Waals surface area contributed by atoms with Gasteiger partial charge in [0.15, 0.2) is 0 Å². The largest absolute Gasteiger partial charge is 0.378 e. The topological polar surface area (TPSA) is 58.6 Å². The van der Waals surface area contributed by atoms with Crippen LogP contribution in [-0.2, 0) is 22.4 Å². The highest BCUT2D eigenvalue weighted by molar-refractivity contribution is 7.20. The van der Waals surface area contributed by atoms with Crippen molar-refractivity contribution >= 4 is 28.2 Å². The summed E-state index contributed by atoms with van der Waals surface area (Å²) in [5, 5.41) is 3.69. The molecule has 1 aliphatic rings. The van der Waals surface area contributed by atoms with Crippen LogP contribution in [0.1, 0.15) is 40.4 Å². The average Bonchev–Trinajstić information content (AvgIpc) is 3.19. The standard InChI is InChI=1S/C27H30N2O3S/c1-3-20-9-11-21(12-10-20)13-14-23(30)28-26-24(27(31)29-15-17-32-18-16-29)19(2)25(33-26)22-7-5-4-6-8-22/h4-12H,3,13-18H2,1-2H3,(H,28,30). The Hall–Kier alpha value is -2.96. The van der Waals surface area contributed by atoms with Gasteiger partial charge in [0, 0.05) is 24.4 Å². The van der Waals surface area contributed by atoms with Crippen molar-refractivity contribution in [3.63, 3.8) is 0 Å².